The number of halogens is 3. The highest BCUT2D eigenvalue weighted by Gasteiger charge is 2.29. The van der Waals surface area contributed by atoms with Crippen molar-refractivity contribution < 1.29 is 18.0 Å². The van der Waals surface area contributed by atoms with Crippen molar-refractivity contribution in [3.8, 4) is 0 Å². The Bertz CT molecular complexity index is 331. The van der Waals surface area contributed by atoms with Gasteiger partial charge < -0.3 is 0 Å². The van der Waals surface area contributed by atoms with Crippen LogP contribution in [0.25, 0.3) is 6.08 Å². The van der Waals surface area contributed by atoms with Gasteiger partial charge in [-0.3, -0.25) is 0 Å². The van der Waals surface area contributed by atoms with E-state index in [1.165, 1.54) is 18.1 Å². The molecule has 68 valence electrons. The summed E-state index contributed by atoms with van der Waals surface area (Å²) in [5, 5.41) is 0. The van der Waals surface area contributed by atoms with Crippen molar-refractivity contribution >= 4 is 12.0 Å². The summed E-state index contributed by atoms with van der Waals surface area (Å²) in [6.07, 6.45) is -3.26. The Morgan fingerprint density at radius 3 is 2.08 bits per heavy atom. The predicted octanol–water partition coefficient (Wildman–Crippen LogP) is 2.55. The zero-order valence-electron chi connectivity index (χ0n) is 6.43. The van der Waals surface area contributed by atoms with E-state index in [0.29, 0.717) is 5.56 Å². The molecule has 1 nitrogen and oxygen atoms in total. The minimum atomic E-state index is -4.33. The maximum atomic E-state index is 12.0. The van der Waals surface area contributed by atoms with Crippen molar-refractivity contribution in [2.75, 3.05) is 0 Å². The Labute approximate surface area is 72.5 Å². The lowest BCUT2D eigenvalue weighted by Crippen LogP contribution is -2.03. The normalized spacial score (nSPS) is 10.7. The van der Waals surface area contributed by atoms with Crippen LogP contribution in [-0.4, -0.2) is 5.94 Å². The van der Waals surface area contributed by atoms with E-state index in [1.807, 2.05) is 0 Å². The zero-order chi connectivity index (χ0) is 9.90. The van der Waals surface area contributed by atoms with E-state index in [0.717, 1.165) is 18.2 Å². The molecule has 0 bridgehead atoms. The van der Waals surface area contributed by atoms with E-state index in [-0.39, 0.29) is 0 Å². The summed E-state index contributed by atoms with van der Waals surface area (Å²) in [4.78, 5) is 9.85. The van der Waals surface area contributed by atoms with E-state index in [4.69, 9.17) is 0 Å². The third-order valence-electron chi connectivity index (χ3n) is 1.46. The molecular weight excluding hydrogens is 181 g/mol. The molecule has 13 heavy (non-hydrogen) atoms. The lowest BCUT2D eigenvalue weighted by atomic mass is 10.1. The van der Waals surface area contributed by atoms with E-state index < -0.39 is 11.7 Å². The van der Waals surface area contributed by atoms with E-state index in [9.17, 15) is 18.0 Å². The topological polar surface area (TPSA) is 17.1 Å². The molecule has 4 heteroatoms. The number of benzene rings is 1. The van der Waals surface area contributed by atoms with Gasteiger partial charge in [0.2, 0.25) is 0 Å². The third-order valence-corrected chi connectivity index (χ3v) is 1.46. The number of hydrogen-bond donors (Lipinski definition) is 0. The van der Waals surface area contributed by atoms with Gasteiger partial charge in [0.05, 0.1) is 5.56 Å². The van der Waals surface area contributed by atoms with Gasteiger partial charge in [0, 0.05) is 6.08 Å². The molecule has 0 radical (unpaired) electrons. The molecule has 0 aliphatic rings. The molecule has 1 aromatic rings. The van der Waals surface area contributed by atoms with Crippen LogP contribution < -0.4 is 0 Å². The second-order valence-electron chi connectivity index (χ2n) is 2.38. The van der Waals surface area contributed by atoms with Crippen LogP contribution in [-0.2, 0) is 11.0 Å². The Balaban J connectivity index is 3.00. The van der Waals surface area contributed by atoms with Crippen molar-refractivity contribution in [2.24, 2.45) is 0 Å². The molecule has 1 aromatic carbocycles. The second-order valence-corrected chi connectivity index (χ2v) is 2.38. The first kappa shape index (κ1) is 9.55. The molecule has 0 heterocycles. The first-order valence-corrected chi connectivity index (χ1v) is 3.42. The summed E-state index contributed by atoms with van der Waals surface area (Å²) in [7, 11) is 0. The largest absolute Gasteiger partial charge is 0.416 e. The standard InChI is InChI=1S/C9H5F3O/c10-9(11,12)8-3-1-7(2-4-8)5-6-13/h1-5H. The van der Waals surface area contributed by atoms with Crippen molar-refractivity contribution in [2.45, 2.75) is 6.18 Å². The van der Waals surface area contributed by atoms with Gasteiger partial charge >= 0.3 is 6.18 Å². The highest BCUT2D eigenvalue weighted by atomic mass is 19.4. The molecule has 0 fully saturated rings. The van der Waals surface area contributed by atoms with Crippen LogP contribution in [0.15, 0.2) is 24.3 Å². The number of hydrogen-bond acceptors (Lipinski definition) is 1. The van der Waals surface area contributed by atoms with Crippen molar-refractivity contribution in [1.29, 1.82) is 0 Å². The first-order valence-electron chi connectivity index (χ1n) is 3.42. The van der Waals surface area contributed by atoms with Gasteiger partial charge in [-0.05, 0) is 17.7 Å². The molecule has 1 rings (SSSR count). The fourth-order valence-electron chi connectivity index (χ4n) is 0.836. The summed E-state index contributed by atoms with van der Waals surface area (Å²) < 4.78 is 36.1. The highest BCUT2D eigenvalue weighted by Crippen LogP contribution is 2.29. The molecule has 0 aliphatic heterocycles. The van der Waals surface area contributed by atoms with Crippen LogP contribution in [0.1, 0.15) is 11.1 Å². The summed E-state index contributed by atoms with van der Waals surface area (Å²) in [5.74, 6) is 1.49. The Kier molecular flexibility index (Phi) is 2.54. The molecule has 0 amide bonds. The number of carbonyl (C=O) groups excluding carboxylic acids is 1. The zero-order valence-corrected chi connectivity index (χ0v) is 6.43. The fourth-order valence-corrected chi connectivity index (χ4v) is 0.836. The monoisotopic (exact) mass is 186 g/mol. The van der Waals surface area contributed by atoms with Gasteiger partial charge in [0.15, 0.2) is 0 Å². The molecule has 0 saturated heterocycles. The second kappa shape index (κ2) is 3.46. The smallest absolute Gasteiger partial charge is 0.233 e. The van der Waals surface area contributed by atoms with E-state index >= 15 is 0 Å². The molecule has 0 aromatic heterocycles. The van der Waals surface area contributed by atoms with Crippen molar-refractivity contribution in [3.05, 3.63) is 35.4 Å². The van der Waals surface area contributed by atoms with Gasteiger partial charge in [0.25, 0.3) is 0 Å². The Morgan fingerprint density at radius 2 is 1.69 bits per heavy atom. The molecule has 0 unspecified atom stereocenters. The average Bonchev–Trinajstić information content (AvgIpc) is 2.04. The minimum absolute atomic E-state index is 0.406. The summed E-state index contributed by atoms with van der Waals surface area (Å²) in [5.41, 5.74) is -0.321. The predicted molar refractivity (Wildman–Crippen MR) is 41.6 cm³/mol. The van der Waals surface area contributed by atoms with Crippen LogP contribution in [0.3, 0.4) is 0 Å². The summed E-state index contributed by atoms with van der Waals surface area (Å²) in [6, 6.07) is 4.27. The van der Waals surface area contributed by atoms with Crippen LogP contribution >= 0.6 is 0 Å². The number of alkyl halides is 3. The highest BCUT2D eigenvalue weighted by molar-refractivity contribution is 5.74. The molecular formula is C9H5F3O. The van der Waals surface area contributed by atoms with E-state index in [1.54, 1.807) is 0 Å². The first-order chi connectivity index (χ1) is 6.04. The van der Waals surface area contributed by atoms with Crippen LogP contribution in [0.4, 0.5) is 13.2 Å². The molecule has 0 atom stereocenters. The molecule has 0 N–H and O–H groups in total. The number of rotatable bonds is 1. The van der Waals surface area contributed by atoms with Crippen molar-refractivity contribution in [3.63, 3.8) is 0 Å². The van der Waals surface area contributed by atoms with Gasteiger partial charge in [-0.2, -0.15) is 13.2 Å². The quantitative estimate of drug-likeness (QED) is 0.616. The lowest BCUT2D eigenvalue weighted by Gasteiger charge is -2.05. The SMILES string of the molecule is O=C=Cc1ccc(C(F)(F)F)cc1. The molecule has 0 spiro atoms. The van der Waals surface area contributed by atoms with Crippen molar-refractivity contribution in [1.82, 2.24) is 0 Å². The van der Waals surface area contributed by atoms with Gasteiger partial charge in [-0.1, -0.05) is 12.1 Å². The van der Waals surface area contributed by atoms with E-state index in [2.05, 4.69) is 0 Å². The van der Waals surface area contributed by atoms with Crippen LogP contribution in [0.5, 0.6) is 0 Å². The van der Waals surface area contributed by atoms with Gasteiger partial charge in [0.1, 0.15) is 5.94 Å². The summed E-state index contributed by atoms with van der Waals surface area (Å²) >= 11 is 0. The lowest BCUT2D eigenvalue weighted by molar-refractivity contribution is -0.137. The van der Waals surface area contributed by atoms with Gasteiger partial charge in [-0.25, -0.2) is 4.79 Å². The summed E-state index contributed by atoms with van der Waals surface area (Å²) in [6.45, 7) is 0. The average molecular weight is 186 g/mol. The maximum absolute atomic E-state index is 12.0. The van der Waals surface area contributed by atoms with Gasteiger partial charge in [-0.15, -0.1) is 0 Å². The third kappa shape index (κ3) is 2.46. The molecule has 0 aliphatic carbocycles. The van der Waals surface area contributed by atoms with Crippen LogP contribution in [0.2, 0.25) is 0 Å². The molecule has 0 saturated carbocycles. The van der Waals surface area contributed by atoms with Crippen LogP contribution in [0, 0.1) is 0 Å². The Hall–Kier alpha value is -1.54. The Morgan fingerprint density at radius 1 is 1.15 bits per heavy atom. The minimum Gasteiger partial charge on any atom is -0.233 e. The maximum Gasteiger partial charge on any atom is 0.416 e. The fraction of sp³-hybridized carbons (Fsp3) is 0.111.